The molecule has 0 aliphatic heterocycles. The Morgan fingerprint density at radius 1 is 1.24 bits per heavy atom. The lowest BCUT2D eigenvalue weighted by Crippen LogP contribution is -2.47. The maximum absolute atomic E-state index is 12.1. The van der Waals surface area contributed by atoms with Crippen LogP contribution in [0.2, 0.25) is 0 Å². The number of anilines is 1. The van der Waals surface area contributed by atoms with E-state index in [0.717, 1.165) is 11.3 Å². The van der Waals surface area contributed by atoms with Crippen molar-refractivity contribution in [1.29, 1.82) is 0 Å². The van der Waals surface area contributed by atoms with Crippen molar-refractivity contribution < 1.29 is 9.59 Å². The molecule has 2 amide bonds. The molecule has 0 heterocycles. The van der Waals surface area contributed by atoms with Gasteiger partial charge in [0.25, 0.3) is 0 Å². The van der Waals surface area contributed by atoms with Gasteiger partial charge in [0.15, 0.2) is 0 Å². The van der Waals surface area contributed by atoms with Crippen LogP contribution < -0.4 is 16.0 Å². The maximum Gasteiger partial charge on any atom is 0.246 e. The lowest BCUT2D eigenvalue weighted by molar-refractivity contribution is -0.126. The number of hydrogen-bond donors (Lipinski definition) is 2. The first-order valence-electron chi connectivity index (χ1n) is 7.11. The minimum absolute atomic E-state index is 0.0394. The molecular weight excluding hydrogens is 266 g/mol. The molecule has 0 saturated heterocycles. The summed E-state index contributed by atoms with van der Waals surface area (Å²) < 4.78 is 0. The van der Waals surface area contributed by atoms with Crippen molar-refractivity contribution in [1.82, 2.24) is 5.32 Å². The molecule has 5 nitrogen and oxygen atoms in total. The van der Waals surface area contributed by atoms with Gasteiger partial charge in [-0.25, -0.2) is 0 Å². The zero-order valence-electron chi connectivity index (χ0n) is 13.4. The predicted octanol–water partition coefficient (Wildman–Crippen LogP) is 1.37. The van der Waals surface area contributed by atoms with Crippen molar-refractivity contribution in [2.24, 2.45) is 11.7 Å². The molecule has 0 saturated carbocycles. The van der Waals surface area contributed by atoms with E-state index in [-0.39, 0.29) is 24.3 Å². The minimum Gasteiger partial charge on any atom is -0.346 e. The van der Waals surface area contributed by atoms with Crippen molar-refractivity contribution in [3.05, 3.63) is 29.3 Å². The van der Waals surface area contributed by atoms with E-state index in [2.05, 4.69) is 5.32 Å². The molecule has 0 spiro atoms. The molecule has 1 aromatic rings. The normalized spacial score (nSPS) is 12.1. The highest BCUT2D eigenvalue weighted by Crippen LogP contribution is 2.17. The average Bonchev–Trinajstić information content (AvgIpc) is 2.45. The largest absolute Gasteiger partial charge is 0.346 e. The van der Waals surface area contributed by atoms with Crippen LogP contribution in [0.5, 0.6) is 0 Å². The fraction of sp³-hybridized carbons (Fsp3) is 0.500. The Bertz CT molecular complexity index is 526. The van der Waals surface area contributed by atoms with Gasteiger partial charge in [0, 0.05) is 12.7 Å². The maximum atomic E-state index is 12.1. The highest BCUT2D eigenvalue weighted by molar-refractivity contribution is 5.96. The SMILES string of the molecule is Cc1ccc(N(C)C(=O)CNC(=O)[C@@H](N)C(C)C)cc1C. The fourth-order valence-electron chi connectivity index (χ4n) is 1.78. The Morgan fingerprint density at radius 2 is 1.86 bits per heavy atom. The van der Waals surface area contributed by atoms with E-state index >= 15 is 0 Å². The number of carbonyl (C=O) groups excluding carboxylic acids is 2. The highest BCUT2D eigenvalue weighted by atomic mass is 16.2. The predicted molar refractivity (Wildman–Crippen MR) is 85.1 cm³/mol. The Balaban J connectivity index is 2.63. The molecule has 1 aromatic carbocycles. The van der Waals surface area contributed by atoms with Gasteiger partial charge in [-0.3, -0.25) is 9.59 Å². The number of nitrogens with zero attached hydrogens (tertiary/aromatic N) is 1. The van der Waals surface area contributed by atoms with Gasteiger partial charge in [0.1, 0.15) is 0 Å². The first kappa shape index (κ1) is 17.2. The van der Waals surface area contributed by atoms with Gasteiger partial charge in [-0.1, -0.05) is 19.9 Å². The monoisotopic (exact) mass is 291 g/mol. The van der Waals surface area contributed by atoms with Gasteiger partial charge in [-0.05, 0) is 43.0 Å². The molecule has 116 valence electrons. The van der Waals surface area contributed by atoms with E-state index in [1.165, 1.54) is 10.5 Å². The van der Waals surface area contributed by atoms with E-state index in [1.54, 1.807) is 7.05 Å². The Labute approximate surface area is 126 Å². The third kappa shape index (κ3) is 4.56. The number of carbonyl (C=O) groups is 2. The van der Waals surface area contributed by atoms with Crippen molar-refractivity contribution in [3.8, 4) is 0 Å². The quantitative estimate of drug-likeness (QED) is 0.860. The van der Waals surface area contributed by atoms with Gasteiger partial charge in [-0.15, -0.1) is 0 Å². The number of amides is 2. The zero-order valence-corrected chi connectivity index (χ0v) is 13.4. The molecule has 0 aromatic heterocycles. The Kier molecular flexibility index (Phi) is 5.90. The molecule has 0 radical (unpaired) electrons. The number of hydrogen-bond acceptors (Lipinski definition) is 3. The molecule has 3 N–H and O–H groups in total. The summed E-state index contributed by atoms with van der Waals surface area (Å²) in [5.74, 6) is -0.438. The van der Waals surface area contributed by atoms with Crippen LogP contribution in [0.1, 0.15) is 25.0 Å². The van der Waals surface area contributed by atoms with Gasteiger partial charge in [0.2, 0.25) is 11.8 Å². The number of nitrogens with one attached hydrogen (secondary N) is 1. The summed E-state index contributed by atoms with van der Waals surface area (Å²) in [6.45, 7) is 7.71. The Morgan fingerprint density at radius 3 is 2.38 bits per heavy atom. The molecule has 0 bridgehead atoms. The van der Waals surface area contributed by atoms with Gasteiger partial charge in [0.05, 0.1) is 12.6 Å². The smallest absolute Gasteiger partial charge is 0.246 e. The van der Waals surface area contributed by atoms with Crippen LogP contribution in [0.25, 0.3) is 0 Å². The van der Waals surface area contributed by atoms with Crippen LogP contribution in [0.4, 0.5) is 5.69 Å². The van der Waals surface area contributed by atoms with Gasteiger partial charge >= 0.3 is 0 Å². The molecular formula is C16H25N3O2. The van der Waals surface area contributed by atoms with Crippen molar-refractivity contribution in [2.75, 3.05) is 18.5 Å². The molecule has 0 aliphatic rings. The van der Waals surface area contributed by atoms with Crippen LogP contribution in [-0.2, 0) is 9.59 Å². The Hall–Kier alpha value is -1.88. The van der Waals surface area contributed by atoms with Crippen LogP contribution in [0, 0.1) is 19.8 Å². The summed E-state index contributed by atoms with van der Waals surface area (Å²) in [6, 6.07) is 5.23. The standard InChI is InChI=1S/C16H25N3O2/c1-10(2)15(17)16(21)18-9-14(20)19(5)13-7-6-11(3)12(4)8-13/h6-8,10,15H,9,17H2,1-5H3,(H,18,21)/t15-/m0/s1. The highest BCUT2D eigenvalue weighted by Gasteiger charge is 2.19. The summed E-state index contributed by atoms with van der Waals surface area (Å²) in [4.78, 5) is 25.4. The number of rotatable bonds is 5. The van der Waals surface area contributed by atoms with E-state index in [0.29, 0.717) is 0 Å². The molecule has 21 heavy (non-hydrogen) atoms. The van der Waals surface area contributed by atoms with E-state index in [9.17, 15) is 9.59 Å². The van der Waals surface area contributed by atoms with Crippen molar-refractivity contribution >= 4 is 17.5 Å². The average molecular weight is 291 g/mol. The van der Waals surface area contributed by atoms with E-state index in [1.807, 2.05) is 45.9 Å². The molecule has 1 rings (SSSR count). The molecule has 0 aliphatic carbocycles. The van der Waals surface area contributed by atoms with Crippen LogP contribution >= 0.6 is 0 Å². The number of benzene rings is 1. The summed E-state index contributed by atoms with van der Waals surface area (Å²) in [5.41, 5.74) is 8.84. The molecule has 0 fully saturated rings. The van der Waals surface area contributed by atoms with Gasteiger partial charge in [-0.2, -0.15) is 0 Å². The van der Waals surface area contributed by atoms with Crippen LogP contribution in [-0.4, -0.2) is 31.4 Å². The first-order chi connectivity index (χ1) is 9.73. The first-order valence-corrected chi connectivity index (χ1v) is 7.11. The number of likely N-dealkylation sites (N-methyl/N-ethyl adjacent to an activating group) is 1. The molecule has 1 atom stereocenters. The van der Waals surface area contributed by atoms with Crippen LogP contribution in [0.15, 0.2) is 18.2 Å². The van der Waals surface area contributed by atoms with Gasteiger partial charge < -0.3 is 16.0 Å². The van der Waals surface area contributed by atoms with E-state index in [4.69, 9.17) is 5.73 Å². The van der Waals surface area contributed by atoms with E-state index < -0.39 is 6.04 Å². The number of nitrogens with two attached hydrogens (primary N) is 1. The third-order valence-electron chi connectivity index (χ3n) is 3.69. The lowest BCUT2D eigenvalue weighted by atomic mass is 10.1. The van der Waals surface area contributed by atoms with Crippen LogP contribution in [0.3, 0.4) is 0 Å². The minimum atomic E-state index is -0.593. The lowest BCUT2D eigenvalue weighted by Gasteiger charge is -2.20. The zero-order chi connectivity index (χ0) is 16.2. The summed E-state index contributed by atoms with van der Waals surface area (Å²) in [5, 5.41) is 2.59. The molecule has 0 unspecified atom stereocenters. The second-order valence-corrected chi connectivity index (χ2v) is 5.71. The van der Waals surface area contributed by atoms with Crippen molar-refractivity contribution in [2.45, 2.75) is 33.7 Å². The van der Waals surface area contributed by atoms with Crippen molar-refractivity contribution in [3.63, 3.8) is 0 Å². The number of aryl methyl sites for hydroxylation is 2. The summed E-state index contributed by atoms with van der Waals surface area (Å²) in [7, 11) is 1.70. The topological polar surface area (TPSA) is 75.4 Å². The summed E-state index contributed by atoms with van der Waals surface area (Å²) in [6.07, 6.45) is 0. The third-order valence-corrected chi connectivity index (χ3v) is 3.69. The second kappa shape index (κ2) is 7.22. The second-order valence-electron chi connectivity index (χ2n) is 5.71. The summed E-state index contributed by atoms with van der Waals surface area (Å²) >= 11 is 0. The fourth-order valence-corrected chi connectivity index (χ4v) is 1.78. The molecule has 5 heteroatoms.